The fraction of sp³-hybridized carbons (Fsp3) is 0.707. The van der Waals surface area contributed by atoms with Gasteiger partial charge in [-0.3, -0.25) is 9.59 Å². The van der Waals surface area contributed by atoms with Gasteiger partial charge in [0.2, 0.25) is 0 Å². The number of aromatic nitrogens is 3. The summed E-state index contributed by atoms with van der Waals surface area (Å²) < 4.78 is 69.6. The van der Waals surface area contributed by atoms with Crippen LogP contribution in [0.5, 0.6) is 0 Å². The number of esters is 1. The predicted octanol–water partition coefficient (Wildman–Crippen LogP) is 6.46. The van der Waals surface area contributed by atoms with Crippen molar-refractivity contribution >= 4 is 11.8 Å². The zero-order chi connectivity index (χ0) is 38.3. The molecule has 3 heterocycles. The molecular formula is C41H55F2N3O8. The summed E-state index contributed by atoms with van der Waals surface area (Å²) in [6.07, 6.45) is 4.12. The van der Waals surface area contributed by atoms with Gasteiger partial charge in [-0.1, -0.05) is 31.6 Å². The lowest BCUT2D eigenvalue weighted by atomic mass is 9.63. The topological polar surface area (TPSA) is 120 Å². The Kier molecular flexibility index (Phi) is 12.0. The fourth-order valence-electron chi connectivity index (χ4n) is 10.4. The number of rotatable bonds is 8. The highest BCUT2D eigenvalue weighted by molar-refractivity contribution is 5.98. The lowest BCUT2D eigenvalue weighted by Gasteiger charge is -2.45. The number of Topliss-reactive ketones (excluding diaryl/α,β-unsaturated/α-hetero) is 1. The third kappa shape index (κ3) is 7.43. The Hall–Kier alpha value is -3.10. The van der Waals surface area contributed by atoms with E-state index < -0.39 is 48.5 Å². The fourth-order valence-corrected chi connectivity index (χ4v) is 10.4. The summed E-state index contributed by atoms with van der Waals surface area (Å²) >= 11 is 0. The first kappa shape index (κ1) is 39.1. The van der Waals surface area contributed by atoms with Crippen LogP contribution in [-0.2, 0) is 38.0 Å². The summed E-state index contributed by atoms with van der Waals surface area (Å²) in [5, 5.41) is 8.86. The van der Waals surface area contributed by atoms with E-state index in [2.05, 4.69) is 10.3 Å². The molecule has 0 bridgehead atoms. The first-order valence-electron chi connectivity index (χ1n) is 19.7. The van der Waals surface area contributed by atoms with Gasteiger partial charge in [0, 0.05) is 44.6 Å². The maximum Gasteiger partial charge on any atom is 0.306 e. The molecule has 2 aromatic rings. The smallest absolute Gasteiger partial charge is 0.306 e. The maximum atomic E-state index is 17.8. The van der Waals surface area contributed by atoms with E-state index in [4.69, 9.17) is 28.4 Å². The number of hydrogen-bond acceptors (Lipinski definition) is 10. The summed E-state index contributed by atoms with van der Waals surface area (Å²) in [6, 6.07) is 5.18. The molecule has 3 aliphatic carbocycles. The lowest BCUT2D eigenvalue weighted by molar-refractivity contribution is -0.314. The van der Waals surface area contributed by atoms with Crippen molar-refractivity contribution < 1.29 is 46.8 Å². The van der Waals surface area contributed by atoms with Crippen molar-refractivity contribution in [2.45, 2.75) is 127 Å². The third-order valence-corrected chi connectivity index (χ3v) is 13.0. The minimum atomic E-state index is -1.47. The monoisotopic (exact) mass is 755 g/mol. The van der Waals surface area contributed by atoms with Gasteiger partial charge < -0.3 is 28.4 Å². The van der Waals surface area contributed by atoms with Gasteiger partial charge in [-0.2, -0.15) is 0 Å². The number of cyclic esters (lactones) is 1. The second-order valence-corrected chi connectivity index (χ2v) is 16.1. The van der Waals surface area contributed by atoms with E-state index in [-0.39, 0.29) is 66.1 Å². The lowest BCUT2D eigenvalue weighted by Crippen LogP contribution is -2.59. The average Bonchev–Trinajstić information content (AvgIpc) is 3.90. The molecule has 2 aliphatic heterocycles. The van der Waals surface area contributed by atoms with Crippen molar-refractivity contribution in [2.75, 3.05) is 21.3 Å². The number of carbonyl (C=O) groups is 2. The molecule has 0 amide bonds. The summed E-state index contributed by atoms with van der Waals surface area (Å²) in [7, 11) is 4.81. The zero-order valence-corrected chi connectivity index (χ0v) is 32.1. The quantitative estimate of drug-likeness (QED) is 0.278. The second kappa shape index (κ2) is 16.6. The van der Waals surface area contributed by atoms with E-state index in [0.29, 0.717) is 36.1 Å². The van der Waals surface area contributed by atoms with Crippen molar-refractivity contribution in [1.29, 1.82) is 0 Å². The molecule has 0 spiro atoms. The van der Waals surface area contributed by atoms with Gasteiger partial charge in [0.05, 0.1) is 30.9 Å². The number of benzene rings is 1. The van der Waals surface area contributed by atoms with Crippen LogP contribution in [-0.4, -0.2) is 97.2 Å². The number of carbonyl (C=O) groups excluding carboxylic acids is 2. The highest BCUT2D eigenvalue weighted by Gasteiger charge is 2.61. The first-order chi connectivity index (χ1) is 26.1. The second-order valence-electron chi connectivity index (χ2n) is 16.1. The number of nitrogens with zero attached hydrogens (tertiary/aromatic N) is 3. The number of fused-ring (bicyclic) bond motifs is 5. The molecule has 2 saturated heterocycles. The number of allylic oxidation sites excluding steroid dienone is 2. The highest BCUT2D eigenvalue weighted by atomic mass is 19.1. The van der Waals surface area contributed by atoms with Gasteiger partial charge in [0.25, 0.3) is 0 Å². The number of methoxy groups -OCH3 is 3. The van der Waals surface area contributed by atoms with Crippen LogP contribution in [0.15, 0.2) is 42.1 Å². The molecule has 296 valence electrons. The molecule has 11 nitrogen and oxygen atoms in total. The van der Waals surface area contributed by atoms with Gasteiger partial charge in [-0.15, -0.1) is 5.10 Å². The van der Waals surface area contributed by atoms with E-state index in [9.17, 15) is 14.0 Å². The van der Waals surface area contributed by atoms with Crippen LogP contribution >= 0.6 is 0 Å². The Morgan fingerprint density at radius 1 is 0.944 bits per heavy atom. The van der Waals surface area contributed by atoms with Crippen LogP contribution in [0.2, 0.25) is 0 Å². The maximum absolute atomic E-state index is 17.8. The standard InChI is InChI=1S/C41H55F2N3O8/c1-7-25-11-9-8-10-21(2)37(48)31-18-28-27-16-26(54-41-40(51-6)39(50-5)38(49-4)22(3)52-41)17-30(27)36(35(43)34(28)29(31)19-33(47)53-25)46-20-32(44-45-46)23-12-14-24(42)15-13-23/h12-15,18,20-22,25-30,34-36,38-41H,7-11,16-17,19H2,1-6H3/t21-,22?,25+,26+,27+,28+,29-,30?,34-,35?,36?,38?,39?,40?,41?/m1/s1. The van der Waals surface area contributed by atoms with Crippen LogP contribution < -0.4 is 0 Å². The Morgan fingerprint density at radius 3 is 2.35 bits per heavy atom. The molecular weight excluding hydrogens is 700 g/mol. The van der Waals surface area contributed by atoms with Gasteiger partial charge in [0.15, 0.2) is 12.1 Å². The van der Waals surface area contributed by atoms with E-state index in [0.717, 1.165) is 25.7 Å². The molecule has 1 aromatic heterocycles. The molecule has 15 atom stereocenters. The Balaban J connectivity index is 1.24. The zero-order valence-electron chi connectivity index (χ0n) is 32.1. The largest absolute Gasteiger partial charge is 0.462 e. The normalized spacial score (nSPS) is 40.1. The van der Waals surface area contributed by atoms with Gasteiger partial charge in [-0.25, -0.2) is 13.5 Å². The molecule has 4 fully saturated rings. The van der Waals surface area contributed by atoms with Crippen LogP contribution in [0, 0.1) is 41.3 Å². The number of ether oxygens (including phenoxy) is 6. The van der Waals surface area contributed by atoms with E-state index in [1.165, 1.54) is 12.1 Å². The van der Waals surface area contributed by atoms with Crippen LogP contribution in [0.3, 0.4) is 0 Å². The predicted molar refractivity (Wildman–Crippen MR) is 193 cm³/mol. The minimum absolute atomic E-state index is 0.00824. The van der Waals surface area contributed by atoms with Gasteiger partial charge in [-0.05, 0) is 93.0 Å². The van der Waals surface area contributed by atoms with Crippen LogP contribution in [0.25, 0.3) is 11.3 Å². The highest BCUT2D eigenvalue weighted by Crippen LogP contribution is 2.60. The van der Waals surface area contributed by atoms with Crippen molar-refractivity contribution in [3.05, 3.63) is 47.9 Å². The van der Waals surface area contributed by atoms with Crippen molar-refractivity contribution in [3.8, 4) is 11.3 Å². The molecule has 5 aliphatic rings. The van der Waals surface area contributed by atoms with E-state index in [1.807, 2.05) is 26.8 Å². The molecule has 13 heteroatoms. The summed E-state index contributed by atoms with van der Waals surface area (Å²) in [4.78, 5) is 27.8. The molecule has 1 aromatic carbocycles. The summed E-state index contributed by atoms with van der Waals surface area (Å²) in [5.41, 5.74) is 1.70. The van der Waals surface area contributed by atoms with Crippen molar-refractivity contribution in [3.63, 3.8) is 0 Å². The number of halogens is 2. The molecule has 2 saturated carbocycles. The molecule has 0 radical (unpaired) electrons. The first-order valence-corrected chi connectivity index (χ1v) is 19.7. The summed E-state index contributed by atoms with van der Waals surface area (Å²) in [5.74, 6) is -2.96. The van der Waals surface area contributed by atoms with E-state index in [1.54, 1.807) is 44.3 Å². The Bertz CT molecular complexity index is 1650. The minimum Gasteiger partial charge on any atom is -0.462 e. The van der Waals surface area contributed by atoms with Crippen molar-refractivity contribution in [2.24, 2.45) is 35.5 Å². The molecule has 7 rings (SSSR count). The Morgan fingerprint density at radius 2 is 1.65 bits per heavy atom. The molecule has 8 unspecified atom stereocenters. The molecule has 0 N–H and O–H groups in total. The molecule has 54 heavy (non-hydrogen) atoms. The van der Waals surface area contributed by atoms with Crippen molar-refractivity contribution in [1.82, 2.24) is 15.0 Å². The average molecular weight is 756 g/mol. The summed E-state index contributed by atoms with van der Waals surface area (Å²) in [6.45, 7) is 5.87. The Labute approximate surface area is 316 Å². The van der Waals surface area contributed by atoms with Gasteiger partial charge in [0.1, 0.15) is 42.1 Å². The van der Waals surface area contributed by atoms with Crippen LogP contribution in [0.1, 0.15) is 78.2 Å². The van der Waals surface area contributed by atoms with E-state index >= 15 is 4.39 Å². The number of alkyl halides is 1. The number of ketones is 1. The third-order valence-electron chi connectivity index (χ3n) is 13.0. The number of hydrogen-bond donors (Lipinski definition) is 0. The van der Waals surface area contributed by atoms with Crippen LogP contribution in [0.4, 0.5) is 8.78 Å². The van der Waals surface area contributed by atoms with Gasteiger partial charge >= 0.3 is 5.97 Å². The SMILES string of the molecule is CC[C@H]1CCCC[C@@H](C)C(=O)C2=C[C@@H]3[C@@H](C(F)C(n4cc(-c5ccc(F)cc5)nn4)C4C[C@@H](OC5OC(C)C(OC)C(OC)C5OC)C[C@H]43)[C@@H]2CC(=O)O1.